The number of rotatable bonds is 7. The van der Waals surface area contributed by atoms with Crippen molar-refractivity contribution >= 4 is 17.5 Å². The molecule has 0 aliphatic heterocycles. The zero-order chi connectivity index (χ0) is 18.2. The Morgan fingerprint density at radius 2 is 1.96 bits per heavy atom. The lowest BCUT2D eigenvalue weighted by molar-refractivity contribution is -0.127. The summed E-state index contributed by atoms with van der Waals surface area (Å²) in [6.07, 6.45) is -0.709. The van der Waals surface area contributed by atoms with Crippen LogP contribution in [0, 0.1) is 11.3 Å². The van der Waals surface area contributed by atoms with Crippen LogP contribution in [0.25, 0.3) is 0 Å². The van der Waals surface area contributed by atoms with Gasteiger partial charge in [-0.3, -0.25) is 4.79 Å². The molecule has 0 heterocycles. The van der Waals surface area contributed by atoms with E-state index in [0.717, 1.165) is 5.56 Å². The first-order valence-corrected chi connectivity index (χ1v) is 8.27. The van der Waals surface area contributed by atoms with E-state index in [2.05, 4.69) is 5.32 Å². The van der Waals surface area contributed by atoms with E-state index in [4.69, 9.17) is 26.3 Å². The monoisotopic (exact) mass is 358 g/mol. The van der Waals surface area contributed by atoms with Gasteiger partial charge in [-0.15, -0.1) is 0 Å². The zero-order valence-corrected chi connectivity index (χ0v) is 14.8. The fraction of sp³-hybridized carbons (Fsp3) is 0.263. The summed E-state index contributed by atoms with van der Waals surface area (Å²) >= 11 is 5.84. The minimum Gasteiger partial charge on any atom is -0.490 e. The number of halogens is 1. The summed E-state index contributed by atoms with van der Waals surface area (Å²) < 4.78 is 11.2. The molecule has 0 aliphatic carbocycles. The van der Waals surface area contributed by atoms with Gasteiger partial charge >= 0.3 is 0 Å². The van der Waals surface area contributed by atoms with Gasteiger partial charge in [0.25, 0.3) is 5.91 Å². The smallest absolute Gasteiger partial charge is 0.261 e. The van der Waals surface area contributed by atoms with Crippen molar-refractivity contribution < 1.29 is 14.3 Å². The van der Waals surface area contributed by atoms with Crippen molar-refractivity contribution in [2.75, 3.05) is 6.61 Å². The molecule has 0 radical (unpaired) electrons. The van der Waals surface area contributed by atoms with E-state index in [9.17, 15) is 4.79 Å². The predicted octanol–water partition coefficient (Wildman–Crippen LogP) is 3.69. The van der Waals surface area contributed by atoms with E-state index in [1.54, 1.807) is 37.3 Å². The second-order valence-electron chi connectivity index (χ2n) is 5.31. The third-order valence-electron chi connectivity index (χ3n) is 3.43. The molecule has 6 heteroatoms. The molecule has 0 saturated carbocycles. The molecule has 1 N–H and O–H groups in total. The highest BCUT2D eigenvalue weighted by atomic mass is 35.5. The largest absolute Gasteiger partial charge is 0.490 e. The van der Waals surface area contributed by atoms with Crippen molar-refractivity contribution in [2.24, 2.45) is 0 Å². The summed E-state index contributed by atoms with van der Waals surface area (Å²) in [6, 6.07) is 14.1. The van der Waals surface area contributed by atoms with Gasteiger partial charge in [-0.25, -0.2) is 0 Å². The first kappa shape index (κ1) is 18.6. The maximum Gasteiger partial charge on any atom is 0.261 e. The summed E-state index contributed by atoms with van der Waals surface area (Å²) in [5.41, 5.74) is 1.41. The fourth-order valence-corrected chi connectivity index (χ4v) is 2.25. The van der Waals surface area contributed by atoms with Gasteiger partial charge in [-0.2, -0.15) is 5.26 Å². The Kier molecular flexibility index (Phi) is 6.67. The Morgan fingerprint density at radius 1 is 1.24 bits per heavy atom. The van der Waals surface area contributed by atoms with Gasteiger partial charge in [-0.05, 0) is 43.7 Å². The Bertz CT molecular complexity index is 769. The van der Waals surface area contributed by atoms with Crippen molar-refractivity contribution in [3.05, 3.63) is 58.6 Å². The average Bonchev–Trinajstić information content (AvgIpc) is 2.62. The van der Waals surface area contributed by atoms with Crippen molar-refractivity contribution in [1.29, 1.82) is 5.26 Å². The quantitative estimate of drug-likeness (QED) is 0.819. The minimum absolute atomic E-state index is 0.248. The van der Waals surface area contributed by atoms with Crippen LogP contribution in [-0.2, 0) is 11.3 Å². The molecule has 0 saturated heterocycles. The Labute approximate surface area is 152 Å². The Hall–Kier alpha value is -2.71. The molecule has 130 valence electrons. The highest BCUT2D eigenvalue weighted by molar-refractivity contribution is 6.30. The van der Waals surface area contributed by atoms with E-state index in [0.29, 0.717) is 35.2 Å². The van der Waals surface area contributed by atoms with Crippen LogP contribution in [0.4, 0.5) is 0 Å². The van der Waals surface area contributed by atoms with E-state index < -0.39 is 6.10 Å². The standard InChI is InChI=1S/C19H19ClN2O3/c1-3-24-18-10-15(11-21)6-9-17(18)25-13(2)19(23)22-12-14-4-7-16(20)8-5-14/h4-10,13H,3,12H2,1-2H3,(H,22,23)/t13-/m1/s1. The number of carbonyl (C=O) groups excluding carboxylic acids is 1. The van der Waals surface area contributed by atoms with Crippen LogP contribution in [0.2, 0.25) is 5.02 Å². The Balaban J connectivity index is 1.98. The minimum atomic E-state index is -0.709. The van der Waals surface area contributed by atoms with Gasteiger partial charge in [0.05, 0.1) is 18.2 Å². The molecule has 2 aromatic rings. The van der Waals surface area contributed by atoms with Crippen LogP contribution in [0.5, 0.6) is 11.5 Å². The molecule has 0 aliphatic rings. The molecule has 1 atom stereocenters. The maximum absolute atomic E-state index is 12.2. The number of ether oxygens (including phenoxy) is 2. The van der Waals surface area contributed by atoms with E-state index in [-0.39, 0.29) is 5.91 Å². The number of hydrogen-bond donors (Lipinski definition) is 1. The third-order valence-corrected chi connectivity index (χ3v) is 3.68. The lowest BCUT2D eigenvalue weighted by atomic mass is 10.2. The second-order valence-corrected chi connectivity index (χ2v) is 5.75. The highest BCUT2D eigenvalue weighted by Gasteiger charge is 2.17. The molecule has 0 bridgehead atoms. The van der Waals surface area contributed by atoms with Gasteiger partial charge in [0.1, 0.15) is 0 Å². The van der Waals surface area contributed by atoms with Gasteiger partial charge in [0, 0.05) is 17.6 Å². The van der Waals surface area contributed by atoms with Gasteiger partial charge < -0.3 is 14.8 Å². The van der Waals surface area contributed by atoms with Crippen molar-refractivity contribution in [3.63, 3.8) is 0 Å². The molecule has 5 nitrogen and oxygen atoms in total. The molecule has 1 amide bonds. The molecule has 2 rings (SSSR count). The number of nitrogens with zero attached hydrogens (tertiary/aromatic N) is 1. The van der Waals surface area contributed by atoms with Crippen molar-refractivity contribution in [2.45, 2.75) is 26.5 Å². The molecule has 0 aromatic heterocycles. The van der Waals surface area contributed by atoms with Crippen molar-refractivity contribution in [3.8, 4) is 17.6 Å². The van der Waals surface area contributed by atoms with Gasteiger partial charge in [-0.1, -0.05) is 23.7 Å². The lowest BCUT2D eigenvalue weighted by Gasteiger charge is -2.17. The van der Waals surface area contributed by atoms with Gasteiger partial charge in [0.2, 0.25) is 0 Å². The van der Waals surface area contributed by atoms with Crippen molar-refractivity contribution in [1.82, 2.24) is 5.32 Å². The van der Waals surface area contributed by atoms with E-state index in [1.165, 1.54) is 0 Å². The second kappa shape index (κ2) is 8.95. The SMILES string of the molecule is CCOc1cc(C#N)ccc1O[C@H](C)C(=O)NCc1ccc(Cl)cc1. The molecular weight excluding hydrogens is 340 g/mol. The molecule has 25 heavy (non-hydrogen) atoms. The molecule has 0 spiro atoms. The fourth-order valence-electron chi connectivity index (χ4n) is 2.12. The summed E-state index contributed by atoms with van der Waals surface area (Å²) in [7, 11) is 0. The summed E-state index contributed by atoms with van der Waals surface area (Å²) in [4.78, 5) is 12.2. The number of amides is 1. The summed E-state index contributed by atoms with van der Waals surface area (Å²) in [5, 5.41) is 12.4. The average molecular weight is 359 g/mol. The van der Waals surface area contributed by atoms with Crippen LogP contribution in [0.15, 0.2) is 42.5 Å². The predicted molar refractivity (Wildman–Crippen MR) is 95.7 cm³/mol. The van der Waals surface area contributed by atoms with E-state index in [1.807, 2.05) is 25.1 Å². The van der Waals surface area contributed by atoms with Crippen LogP contribution >= 0.6 is 11.6 Å². The molecule has 0 fully saturated rings. The van der Waals surface area contributed by atoms with Crippen LogP contribution in [0.1, 0.15) is 25.0 Å². The zero-order valence-electron chi connectivity index (χ0n) is 14.1. The summed E-state index contributed by atoms with van der Waals surface area (Å²) in [5.74, 6) is 0.621. The number of carbonyl (C=O) groups is 1. The molecule has 0 unspecified atom stereocenters. The first-order valence-electron chi connectivity index (χ1n) is 7.89. The van der Waals surface area contributed by atoms with Gasteiger partial charge in [0.15, 0.2) is 17.6 Å². The van der Waals surface area contributed by atoms with Crippen LogP contribution in [0.3, 0.4) is 0 Å². The van der Waals surface area contributed by atoms with Crippen LogP contribution < -0.4 is 14.8 Å². The normalized spacial score (nSPS) is 11.3. The number of hydrogen-bond acceptors (Lipinski definition) is 4. The topological polar surface area (TPSA) is 71.3 Å². The van der Waals surface area contributed by atoms with Crippen LogP contribution in [-0.4, -0.2) is 18.6 Å². The molecular formula is C19H19ClN2O3. The Morgan fingerprint density at radius 3 is 2.60 bits per heavy atom. The molecule has 2 aromatic carbocycles. The summed E-state index contributed by atoms with van der Waals surface area (Å²) in [6.45, 7) is 4.31. The number of benzene rings is 2. The highest BCUT2D eigenvalue weighted by Crippen LogP contribution is 2.29. The maximum atomic E-state index is 12.2. The third kappa shape index (κ3) is 5.40. The number of nitrogens with one attached hydrogen (secondary N) is 1. The lowest BCUT2D eigenvalue weighted by Crippen LogP contribution is -2.36. The number of nitriles is 1. The van der Waals surface area contributed by atoms with E-state index >= 15 is 0 Å². The first-order chi connectivity index (χ1) is 12.0.